The van der Waals surface area contributed by atoms with E-state index >= 15 is 0 Å². The first-order chi connectivity index (χ1) is 9.81. The molecule has 0 N–H and O–H groups in total. The van der Waals surface area contributed by atoms with Gasteiger partial charge in [-0.3, -0.25) is 9.78 Å². The number of benzene rings is 1. The van der Waals surface area contributed by atoms with Gasteiger partial charge >= 0.3 is 0 Å². The van der Waals surface area contributed by atoms with E-state index in [2.05, 4.69) is 10.1 Å². The van der Waals surface area contributed by atoms with E-state index in [1.807, 2.05) is 49.4 Å². The fourth-order valence-corrected chi connectivity index (χ4v) is 2.23. The van der Waals surface area contributed by atoms with Crippen molar-refractivity contribution in [1.82, 2.24) is 14.8 Å². The maximum atomic E-state index is 11.2. The van der Waals surface area contributed by atoms with Gasteiger partial charge in [0.25, 0.3) is 0 Å². The van der Waals surface area contributed by atoms with Gasteiger partial charge in [0, 0.05) is 17.3 Å². The number of carbonyl (C=O) groups excluding carboxylic acids is 1. The third kappa shape index (κ3) is 2.01. The van der Waals surface area contributed by atoms with Crippen LogP contribution in [0.1, 0.15) is 16.1 Å². The summed E-state index contributed by atoms with van der Waals surface area (Å²) >= 11 is 0. The van der Waals surface area contributed by atoms with Gasteiger partial charge in [0.1, 0.15) is 5.69 Å². The Morgan fingerprint density at radius 2 is 1.90 bits per heavy atom. The predicted molar refractivity (Wildman–Crippen MR) is 76.9 cm³/mol. The molecule has 0 radical (unpaired) electrons. The first-order valence-corrected chi connectivity index (χ1v) is 6.32. The second kappa shape index (κ2) is 5.09. The number of pyridine rings is 1. The van der Waals surface area contributed by atoms with E-state index in [-0.39, 0.29) is 0 Å². The van der Waals surface area contributed by atoms with E-state index in [1.54, 1.807) is 17.1 Å². The highest BCUT2D eigenvalue weighted by Gasteiger charge is 2.16. The number of aldehydes is 1. The van der Waals surface area contributed by atoms with Gasteiger partial charge in [-0.25, -0.2) is 4.68 Å². The number of carbonyl (C=O) groups is 1. The molecule has 0 aliphatic heterocycles. The van der Waals surface area contributed by atoms with Gasteiger partial charge in [-0.05, 0) is 19.1 Å². The third-order valence-electron chi connectivity index (χ3n) is 3.21. The van der Waals surface area contributed by atoms with Crippen molar-refractivity contribution in [3.63, 3.8) is 0 Å². The first kappa shape index (κ1) is 12.3. The molecule has 2 aromatic heterocycles. The van der Waals surface area contributed by atoms with Gasteiger partial charge < -0.3 is 0 Å². The van der Waals surface area contributed by atoms with E-state index in [9.17, 15) is 4.79 Å². The van der Waals surface area contributed by atoms with E-state index in [4.69, 9.17) is 0 Å². The summed E-state index contributed by atoms with van der Waals surface area (Å²) in [5.41, 5.74) is 4.10. The van der Waals surface area contributed by atoms with Crippen molar-refractivity contribution in [1.29, 1.82) is 0 Å². The highest BCUT2D eigenvalue weighted by Crippen LogP contribution is 2.27. The molecule has 98 valence electrons. The number of nitrogens with zero attached hydrogens (tertiary/aromatic N) is 3. The Balaban J connectivity index is 2.27. The van der Waals surface area contributed by atoms with Gasteiger partial charge in [-0.15, -0.1) is 0 Å². The molecular weight excluding hydrogens is 250 g/mol. The fraction of sp³-hybridized carbons (Fsp3) is 0.0625. The molecular formula is C16H13N3O. The summed E-state index contributed by atoms with van der Waals surface area (Å²) in [4.78, 5) is 15.3. The summed E-state index contributed by atoms with van der Waals surface area (Å²) in [5, 5.41) is 4.38. The monoisotopic (exact) mass is 263 g/mol. The van der Waals surface area contributed by atoms with Gasteiger partial charge in [-0.2, -0.15) is 5.10 Å². The number of hydrogen-bond donors (Lipinski definition) is 0. The van der Waals surface area contributed by atoms with Gasteiger partial charge in [0.2, 0.25) is 0 Å². The fourth-order valence-electron chi connectivity index (χ4n) is 2.23. The van der Waals surface area contributed by atoms with Gasteiger partial charge in [0.15, 0.2) is 6.29 Å². The van der Waals surface area contributed by atoms with Crippen LogP contribution in [0.4, 0.5) is 0 Å². The molecule has 0 amide bonds. The van der Waals surface area contributed by atoms with Crippen LogP contribution in [0.3, 0.4) is 0 Å². The van der Waals surface area contributed by atoms with Crippen LogP contribution in [-0.4, -0.2) is 21.1 Å². The zero-order chi connectivity index (χ0) is 13.9. The van der Waals surface area contributed by atoms with E-state index < -0.39 is 0 Å². The van der Waals surface area contributed by atoms with Crippen molar-refractivity contribution >= 4 is 6.29 Å². The average molecular weight is 263 g/mol. The standard InChI is InChI=1S/C16H13N3O/c1-12-15(11-20)18-19(14-8-5-9-17-10-14)16(12)13-6-3-2-4-7-13/h2-11H,1H3. The van der Waals surface area contributed by atoms with Crippen LogP contribution in [-0.2, 0) is 0 Å². The van der Waals surface area contributed by atoms with Crippen LogP contribution in [0, 0.1) is 6.92 Å². The lowest BCUT2D eigenvalue weighted by molar-refractivity contribution is 0.111. The quantitative estimate of drug-likeness (QED) is 0.682. The number of rotatable bonds is 3. The highest BCUT2D eigenvalue weighted by atomic mass is 16.1. The van der Waals surface area contributed by atoms with Gasteiger partial charge in [0.05, 0.1) is 17.6 Å². The van der Waals surface area contributed by atoms with Crippen LogP contribution >= 0.6 is 0 Å². The van der Waals surface area contributed by atoms with Crippen molar-refractivity contribution in [2.75, 3.05) is 0 Å². The lowest BCUT2D eigenvalue weighted by Crippen LogP contribution is -2.00. The Morgan fingerprint density at radius 3 is 2.55 bits per heavy atom. The van der Waals surface area contributed by atoms with Crippen molar-refractivity contribution < 1.29 is 4.79 Å². The van der Waals surface area contributed by atoms with Crippen LogP contribution in [0.25, 0.3) is 16.9 Å². The number of aromatic nitrogens is 3. The minimum atomic E-state index is 0.452. The molecule has 0 aliphatic carbocycles. The molecule has 0 spiro atoms. The average Bonchev–Trinajstić information content (AvgIpc) is 2.86. The van der Waals surface area contributed by atoms with E-state index in [0.717, 1.165) is 28.8 Å². The highest BCUT2D eigenvalue weighted by molar-refractivity contribution is 5.80. The molecule has 0 bridgehead atoms. The van der Waals surface area contributed by atoms with Crippen molar-refractivity contribution in [2.24, 2.45) is 0 Å². The van der Waals surface area contributed by atoms with E-state index in [1.165, 1.54) is 0 Å². The molecule has 0 saturated heterocycles. The first-order valence-electron chi connectivity index (χ1n) is 6.32. The largest absolute Gasteiger partial charge is 0.296 e. The van der Waals surface area contributed by atoms with Crippen LogP contribution < -0.4 is 0 Å². The second-order valence-electron chi connectivity index (χ2n) is 4.47. The summed E-state index contributed by atoms with van der Waals surface area (Å²) in [7, 11) is 0. The lowest BCUT2D eigenvalue weighted by Gasteiger charge is -2.08. The Morgan fingerprint density at radius 1 is 1.10 bits per heavy atom. The molecule has 0 atom stereocenters. The predicted octanol–water partition coefficient (Wildman–Crippen LogP) is 3.06. The van der Waals surface area contributed by atoms with Crippen molar-refractivity contribution in [3.8, 4) is 16.9 Å². The van der Waals surface area contributed by atoms with Gasteiger partial charge in [-0.1, -0.05) is 30.3 Å². The topological polar surface area (TPSA) is 47.8 Å². The van der Waals surface area contributed by atoms with Crippen molar-refractivity contribution in [2.45, 2.75) is 6.92 Å². The lowest BCUT2D eigenvalue weighted by atomic mass is 10.1. The molecule has 20 heavy (non-hydrogen) atoms. The molecule has 4 heteroatoms. The molecule has 0 aliphatic rings. The zero-order valence-electron chi connectivity index (χ0n) is 11.0. The zero-order valence-corrected chi connectivity index (χ0v) is 11.0. The van der Waals surface area contributed by atoms with Crippen LogP contribution in [0.5, 0.6) is 0 Å². The summed E-state index contributed by atoms with van der Waals surface area (Å²) in [5.74, 6) is 0. The smallest absolute Gasteiger partial charge is 0.170 e. The molecule has 3 aromatic rings. The SMILES string of the molecule is Cc1c(C=O)nn(-c2cccnc2)c1-c1ccccc1. The Bertz CT molecular complexity index is 733. The minimum Gasteiger partial charge on any atom is -0.296 e. The third-order valence-corrected chi connectivity index (χ3v) is 3.21. The normalized spacial score (nSPS) is 10.4. The molecule has 0 saturated carbocycles. The molecule has 3 rings (SSSR count). The van der Waals surface area contributed by atoms with Crippen LogP contribution in [0.15, 0.2) is 54.9 Å². The van der Waals surface area contributed by atoms with Crippen LogP contribution in [0.2, 0.25) is 0 Å². The molecule has 4 nitrogen and oxygen atoms in total. The summed E-state index contributed by atoms with van der Waals surface area (Å²) in [6.07, 6.45) is 4.23. The molecule has 2 heterocycles. The molecule has 1 aromatic carbocycles. The maximum absolute atomic E-state index is 11.2. The Labute approximate surface area is 116 Å². The molecule has 0 fully saturated rings. The molecule has 0 unspecified atom stereocenters. The number of hydrogen-bond acceptors (Lipinski definition) is 3. The van der Waals surface area contributed by atoms with E-state index in [0.29, 0.717) is 5.69 Å². The maximum Gasteiger partial charge on any atom is 0.170 e. The minimum absolute atomic E-state index is 0.452. The Kier molecular flexibility index (Phi) is 3.13. The summed E-state index contributed by atoms with van der Waals surface area (Å²) < 4.78 is 1.77. The summed E-state index contributed by atoms with van der Waals surface area (Å²) in [6, 6.07) is 13.7. The summed E-state index contributed by atoms with van der Waals surface area (Å²) in [6.45, 7) is 1.91. The van der Waals surface area contributed by atoms with Crippen molar-refractivity contribution in [3.05, 3.63) is 66.1 Å². The Hall–Kier alpha value is -2.75. The second-order valence-corrected chi connectivity index (χ2v) is 4.47.